The topological polar surface area (TPSA) is 32.3 Å². The summed E-state index contributed by atoms with van der Waals surface area (Å²) in [6.07, 6.45) is 23.1. The summed E-state index contributed by atoms with van der Waals surface area (Å²) >= 11 is 0. The Hall–Kier alpha value is -0.0800. The molecule has 0 rings (SSSR count). The average Bonchev–Trinajstić information content (AvgIpc) is 2.57. The van der Waals surface area contributed by atoms with E-state index in [1.165, 1.54) is 116 Å². The molecule has 0 atom stereocenters. The fourth-order valence-electron chi connectivity index (χ4n) is 3.11. The zero-order valence-corrected chi connectivity index (χ0v) is 16.1. The molecule has 0 spiro atoms. The van der Waals surface area contributed by atoms with E-state index < -0.39 is 0 Å². The van der Waals surface area contributed by atoms with Crippen molar-refractivity contribution in [3.05, 3.63) is 0 Å². The molecule has 0 aliphatic carbocycles. The summed E-state index contributed by atoms with van der Waals surface area (Å²) in [7, 11) is 0. The molecule has 0 aliphatic rings. The SMILES string of the molecule is CCCCCCCCCCNCCCCCCCCCCCO. The number of rotatable bonds is 20. The van der Waals surface area contributed by atoms with Crippen LogP contribution in [-0.2, 0) is 0 Å². The lowest BCUT2D eigenvalue weighted by atomic mass is 10.1. The van der Waals surface area contributed by atoms with Crippen molar-refractivity contribution in [2.24, 2.45) is 0 Å². The quantitative estimate of drug-likeness (QED) is 0.260. The summed E-state index contributed by atoms with van der Waals surface area (Å²) in [6, 6.07) is 0. The van der Waals surface area contributed by atoms with E-state index in [1.807, 2.05) is 0 Å². The largest absolute Gasteiger partial charge is 0.396 e. The van der Waals surface area contributed by atoms with Crippen LogP contribution < -0.4 is 5.32 Å². The van der Waals surface area contributed by atoms with E-state index in [1.54, 1.807) is 0 Å². The first-order valence-electron chi connectivity index (χ1n) is 10.7. The summed E-state index contributed by atoms with van der Waals surface area (Å²) in [5, 5.41) is 12.3. The molecule has 0 heterocycles. The highest BCUT2D eigenvalue weighted by Crippen LogP contribution is 2.10. The number of aliphatic hydroxyl groups is 1. The van der Waals surface area contributed by atoms with Gasteiger partial charge >= 0.3 is 0 Å². The lowest BCUT2D eigenvalue weighted by Gasteiger charge is -2.05. The molecule has 140 valence electrons. The molecule has 23 heavy (non-hydrogen) atoms. The van der Waals surface area contributed by atoms with E-state index in [2.05, 4.69) is 12.2 Å². The molecule has 0 amide bonds. The van der Waals surface area contributed by atoms with Crippen LogP contribution in [0.1, 0.15) is 116 Å². The summed E-state index contributed by atoms with van der Waals surface area (Å²) in [6.45, 7) is 5.09. The maximum atomic E-state index is 8.70. The molecule has 0 aliphatic heterocycles. The molecule has 2 N–H and O–H groups in total. The van der Waals surface area contributed by atoms with Crippen LogP contribution in [0, 0.1) is 0 Å². The number of unbranched alkanes of at least 4 members (excludes halogenated alkanes) is 15. The van der Waals surface area contributed by atoms with E-state index >= 15 is 0 Å². The van der Waals surface area contributed by atoms with Crippen molar-refractivity contribution >= 4 is 0 Å². The van der Waals surface area contributed by atoms with Gasteiger partial charge in [0.25, 0.3) is 0 Å². The van der Waals surface area contributed by atoms with Gasteiger partial charge in [0.2, 0.25) is 0 Å². The third-order valence-electron chi connectivity index (χ3n) is 4.72. The molecule has 2 nitrogen and oxygen atoms in total. The maximum absolute atomic E-state index is 8.70. The van der Waals surface area contributed by atoms with Crippen molar-refractivity contribution in [2.45, 2.75) is 116 Å². The van der Waals surface area contributed by atoms with Crippen LogP contribution in [0.5, 0.6) is 0 Å². The molecule has 0 fully saturated rings. The first-order chi connectivity index (χ1) is 11.4. The Labute approximate surface area is 146 Å². The second-order valence-electron chi connectivity index (χ2n) is 7.13. The smallest absolute Gasteiger partial charge is 0.0431 e. The van der Waals surface area contributed by atoms with Gasteiger partial charge in [0, 0.05) is 6.61 Å². The van der Waals surface area contributed by atoms with Gasteiger partial charge in [-0.15, -0.1) is 0 Å². The highest BCUT2D eigenvalue weighted by atomic mass is 16.2. The van der Waals surface area contributed by atoms with Gasteiger partial charge in [-0.3, -0.25) is 0 Å². The van der Waals surface area contributed by atoms with E-state index in [-0.39, 0.29) is 0 Å². The van der Waals surface area contributed by atoms with Crippen molar-refractivity contribution in [2.75, 3.05) is 19.7 Å². The van der Waals surface area contributed by atoms with Crippen LogP contribution in [0.4, 0.5) is 0 Å². The average molecular weight is 328 g/mol. The van der Waals surface area contributed by atoms with Crippen LogP contribution in [-0.4, -0.2) is 24.8 Å². The van der Waals surface area contributed by atoms with Crippen molar-refractivity contribution in [1.29, 1.82) is 0 Å². The van der Waals surface area contributed by atoms with E-state index in [9.17, 15) is 0 Å². The summed E-state index contributed by atoms with van der Waals surface area (Å²) in [4.78, 5) is 0. The third kappa shape index (κ3) is 21.9. The number of aliphatic hydroxyl groups excluding tert-OH is 1. The van der Waals surface area contributed by atoms with Crippen molar-refractivity contribution in [1.82, 2.24) is 5.32 Å². The first-order valence-corrected chi connectivity index (χ1v) is 10.7. The number of hydrogen-bond acceptors (Lipinski definition) is 2. The van der Waals surface area contributed by atoms with Gasteiger partial charge < -0.3 is 10.4 Å². The monoisotopic (exact) mass is 327 g/mol. The van der Waals surface area contributed by atoms with Gasteiger partial charge in [0.1, 0.15) is 0 Å². The van der Waals surface area contributed by atoms with Crippen molar-refractivity contribution < 1.29 is 5.11 Å². The van der Waals surface area contributed by atoms with Gasteiger partial charge in [-0.05, 0) is 32.4 Å². The van der Waals surface area contributed by atoms with Gasteiger partial charge in [0.15, 0.2) is 0 Å². The highest BCUT2D eigenvalue weighted by Gasteiger charge is 1.94. The molecule has 0 saturated carbocycles. The summed E-state index contributed by atoms with van der Waals surface area (Å²) < 4.78 is 0. The van der Waals surface area contributed by atoms with Gasteiger partial charge in [0.05, 0.1) is 0 Å². The van der Waals surface area contributed by atoms with Gasteiger partial charge in [-0.25, -0.2) is 0 Å². The second kappa shape index (κ2) is 21.9. The molecule has 0 aromatic rings. The molecular formula is C21H45NO. The van der Waals surface area contributed by atoms with E-state index in [4.69, 9.17) is 5.11 Å². The van der Waals surface area contributed by atoms with Crippen LogP contribution in [0.25, 0.3) is 0 Å². The second-order valence-corrected chi connectivity index (χ2v) is 7.13. The summed E-state index contributed by atoms with van der Waals surface area (Å²) in [5.74, 6) is 0. The van der Waals surface area contributed by atoms with Crippen molar-refractivity contribution in [3.8, 4) is 0 Å². The zero-order valence-electron chi connectivity index (χ0n) is 16.1. The standard InChI is InChI=1S/C21H45NO/c1-2-3-4-5-6-10-13-16-19-22-20-17-14-11-8-7-9-12-15-18-21-23/h22-23H,2-21H2,1H3. The van der Waals surface area contributed by atoms with Crippen LogP contribution in [0.3, 0.4) is 0 Å². The molecule has 0 radical (unpaired) electrons. The lowest BCUT2D eigenvalue weighted by molar-refractivity contribution is 0.282. The Balaban J connectivity index is 2.92. The van der Waals surface area contributed by atoms with E-state index in [0.29, 0.717) is 6.61 Å². The van der Waals surface area contributed by atoms with Crippen LogP contribution >= 0.6 is 0 Å². The maximum Gasteiger partial charge on any atom is 0.0431 e. The highest BCUT2D eigenvalue weighted by molar-refractivity contribution is 4.52. The number of hydrogen-bond donors (Lipinski definition) is 2. The number of nitrogens with one attached hydrogen (secondary N) is 1. The van der Waals surface area contributed by atoms with E-state index in [0.717, 1.165) is 6.42 Å². The third-order valence-corrected chi connectivity index (χ3v) is 4.72. The minimum Gasteiger partial charge on any atom is -0.396 e. The Kier molecular flexibility index (Phi) is 21.8. The Bertz CT molecular complexity index is 176. The molecule has 0 bridgehead atoms. The first kappa shape index (κ1) is 22.9. The molecule has 0 unspecified atom stereocenters. The van der Waals surface area contributed by atoms with Crippen molar-refractivity contribution in [3.63, 3.8) is 0 Å². The Morgan fingerprint density at radius 3 is 1.22 bits per heavy atom. The minimum atomic E-state index is 0.367. The molecule has 2 heteroatoms. The van der Waals surface area contributed by atoms with Gasteiger partial charge in [-0.1, -0.05) is 96.8 Å². The molecule has 0 saturated heterocycles. The van der Waals surface area contributed by atoms with Crippen LogP contribution in [0.15, 0.2) is 0 Å². The Morgan fingerprint density at radius 1 is 0.478 bits per heavy atom. The lowest BCUT2D eigenvalue weighted by Crippen LogP contribution is -2.16. The van der Waals surface area contributed by atoms with Crippen LogP contribution in [0.2, 0.25) is 0 Å². The fraction of sp³-hybridized carbons (Fsp3) is 1.00. The summed E-state index contributed by atoms with van der Waals surface area (Å²) in [5.41, 5.74) is 0. The molecule has 0 aromatic carbocycles. The molecular weight excluding hydrogens is 282 g/mol. The van der Waals surface area contributed by atoms with Gasteiger partial charge in [-0.2, -0.15) is 0 Å². The molecule has 0 aromatic heterocycles. The fourth-order valence-corrected chi connectivity index (χ4v) is 3.11. The Morgan fingerprint density at radius 2 is 0.826 bits per heavy atom. The predicted octanol–water partition coefficient (Wildman–Crippen LogP) is 6.22. The predicted molar refractivity (Wildman–Crippen MR) is 104 cm³/mol. The minimum absolute atomic E-state index is 0.367. The zero-order chi connectivity index (χ0) is 16.8. The normalized spacial score (nSPS) is 11.2.